The minimum Gasteiger partial charge on any atom is -0.391 e. The van der Waals surface area contributed by atoms with Gasteiger partial charge in [-0.05, 0) is 6.92 Å². The zero-order valence-electron chi connectivity index (χ0n) is 10.9. The number of nitrogens with two attached hydrogens (primary N) is 1. The minimum atomic E-state index is -1.87. The number of ether oxygens (including phenoxy) is 1. The molecule has 1 unspecified atom stereocenters. The summed E-state index contributed by atoms with van der Waals surface area (Å²) in [6.07, 6.45) is 0.912. The first-order valence-corrected chi connectivity index (χ1v) is 6.32. The Labute approximate surface area is 124 Å². The Bertz CT molecular complexity index is 659. The lowest BCUT2D eigenvalue weighted by Gasteiger charge is -2.25. The molecule has 4 N–H and O–H groups in total. The molecule has 0 aromatic carbocycles. The number of hydrogen-bond donors (Lipinski definition) is 3. The van der Waals surface area contributed by atoms with Crippen LogP contribution in [0.15, 0.2) is 11.0 Å². The van der Waals surface area contributed by atoms with Crippen LogP contribution in [0.25, 0.3) is 0 Å². The van der Waals surface area contributed by atoms with Gasteiger partial charge in [-0.3, -0.25) is 4.57 Å². The summed E-state index contributed by atoms with van der Waals surface area (Å²) < 4.78 is 19.6. The van der Waals surface area contributed by atoms with Gasteiger partial charge in [0.15, 0.2) is 22.7 Å². The van der Waals surface area contributed by atoms with E-state index in [1.165, 1.54) is 6.92 Å². The molecule has 0 bridgehead atoms. The molecule has 0 aliphatic carbocycles. The molecule has 9 heteroatoms. The molecule has 1 aliphatic heterocycles. The fraction of sp³-hybridized carbons (Fsp3) is 0.500. The van der Waals surface area contributed by atoms with E-state index in [1.54, 1.807) is 0 Å². The number of aliphatic hydroxyl groups is 2. The Balaban J connectivity index is 2.56. The number of hydrogen-bond acceptors (Lipinski definition) is 6. The Morgan fingerprint density at radius 2 is 2.38 bits per heavy atom. The highest BCUT2D eigenvalue weighted by molar-refractivity contribution is 6.27. The molecule has 21 heavy (non-hydrogen) atoms. The number of nitrogens with zero attached hydrogens (tertiary/aromatic N) is 2. The van der Waals surface area contributed by atoms with E-state index in [-0.39, 0.29) is 0 Å². The number of rotatable bonds is 2. The van der Waals surface area contributed by atoms with E-state index in [0.29, 0.717) is 4.57 Å². The van der Waals surface area contributed by atoms with E-state index in [0.717, 1.165) is 6.20 Å². The average Bonchev–Trinajstić information content (AvgIpc) is 2.68. The second-order valence-corrected chi connectivity index (χ2v) is 5.34. The maximum atomic E-state index is 13.5. The molecule has 2 heterocycles. The largest absolute Gasteiger partial charge is 0.391 e. The summed E-state index contributed by atoms with van der Waals surface area (Å²) in [5, 5.41) is 19.7. The van der Waals surface area contributed by atoms with Gasteiger partial charge in [-0.25, -0.2) is 9.18 Å². The summed E-state index contributed by atoms with van der Waals surface area (Å²) in [5.41, 5.74) is 4.24. The third kappa shape index (κ3) is 2.38. The van der Waals surface area contributed by atoms with Crippen molar-refractivity contribution in [2.45, 2.75) is 36.3 Å². The summed E-state index contributed by atoms with van der Waals surface area (Å²) in [5.74, 6) is 0.574. The highest BCUT2D eigenvalue weighted by atomic mass is 35.5. The van der Waals surface area contributed by atoms with Gasteiger partial charge < -0.3 is 20.7 Å². The number of nitrogen functional groups attached to an aromatic ring is 1. The van der Waals surface area contributed by atoms with Crippen LogP contribution in [0.4, 0.5) is 10.2 Å². The van der Waals surface area contributed by atoms with Gasteiger partial charge in [0, 0.05) is 0 Å². The van der Waals surface area contributed by atoms with E-state index in [2.05, 4.69) is 10.9 Å². The number of aromatic nitrogens is 2. The van der Waals surface area contributed by atoms with Crippen LogP contribution >= 0.6 is 11.6 Å². The predicted octanol–water partition coefficient (Wildman–Crippen LogP) is -0.786. The summed E-state index contributed by atoms with van der Waals surface area (Å²) in [6, 6.07) is 0. The summed E-state index contributed by atoms with van der Waals surface area (Å²) in [6.45, 7) is 1.36. The molecule has 7 nitrogen and oxygen atoms in total. The average molecular weight is 318 g/mol. The van der Waals surface area contributed by atoms with Gasteiger partial charge in [0.05, 0.1) is 12.3 Å². The lowest BCUT2D eigenvalue weighted by atomic mass is 9.97. The van der Waals surface area contributed by atoms with E-state index in [9.17, 15) is 19.4 Å². The van der Waals surface area contributed by atoms with Crippen molar-refractivity contribution in [1.82, 2.24) is 9.55 Å². The fourth-order valence-electron chi connectivity index (χ4n) is 2.14. The summed E-state index contributed by atoms with van der Waals surface area (Å²) >= 11 is 6.15. The van der Waals surface area contributed by atoms with Crippen LogP contribution < -0.4 is 11.4 Å². The first kappa shape index (κ1) is 15.7. The van der Waals surface area contributed by atoms with Crippen molar-refractivity contribution in [1.29, 1.82) is 0 Å². The highest BCUT2D eigenvalue weighted by Crippen LogP contribution is 2.43. The molecule has 5 atom stereocenters. The van der Waals surface area contributed by atoms with Crippen LogP contribution in [-0.2, 0) is 4.74 Å². The second kappa shape index (κ2) is 5.27. The van der Waals surface area contributed by atoms with Gasteiger partial charge in [0.1, 0.15) is 12.2 Å². The van der Waals surface area contributed by atoms with Crippen molar-refractivity contribution >= 4 is 17.4 Å². The molecule has 1 fully saturated rings. The van der Waals surface area contributed by atoms with Crippen LogP contribution in [0.1, 0.15) is 13.2 Å². The molecular weight excluding hydrogens is 305 g/mol. The van der Waals surface area contributed by atoms with Crippen LogP contribution in [0, 0.1) is 18.2 Å². The minimum absolute atomic E-state index is 0.581. The van der Waals surface area contributed by atoms with Crippen molar-refractivity contribution in [3.63, 3.8) is 0 Å². The summed E-state index contributed by atoms with van der Waals surface area (Å²) in [7, 11) is 0. The number of alkyl halides is 1. The van der Waals surface area contributed by atoms with Gasteiger partial charge in [0.2, 0.25) is 0 Å². The maximum Gasteiger partial charge on any atom is 0.351 e. The van der Waals surface area contributed by atoms with Crippen LogP contribution in [0.3, 0.4) is 0 Å². The van der Waals surface area contributed by atoms with Gasteiger partial charge in [-0.2, -0.15) is 4.98 Å². The number of terminal acetylenes is 1. The lowest BCUT2D eigenvalue weighted by Crippen LogP contribution is -2.44. The monoisotopic (exact) mass is 317 g/mol. The van der Waals surface area contributed by atoms with Crippen molar-refractivity contribution in [2.24, 2.45) is 0 Å². The van der Waals surface area contributed by atoms with E-state index in [1.807, 2.05) is 0 Å². The zero-order valence-corrected chi connectivity index (χ0v) is 11.7. The third-order valence-corrected chi connectivity index (χ3v) is 3.79. The number of anilines is 1. The van der Waals surface area contributed by atoms with Crippen LogP contribution in [0.5, 0.6) is 0 Å². The molecule has 1 saturated heterocycles. The molecule has 0 amide bonds. The topological polar surface area (TPSA) is 111 Å². The highest BCUT2D eigenvalue weighted by Gasteiger charge is 2.57. The third-order valence-electron chi connectivity index (χ3n) is 3.27. The molecule has 1 aliphatic rings. The normalized spacial score (nSPS) is 33.6. The molecule has 1 aromatic heterocycles. The zero-order chi connectivity index (χ0) is 15.9. The molecule has 0 spiro atoms. The molecule has 0 radical (unpaired) electrons. The van der Waals surface area contributed by atoms with Gasteiger partial charge in [0.25, 0.3) is 0 Å². The van der Waals surface area contributed by atoms with Gasteiger partial charge in [-0.1, -0.05) is 17.5 Å². The molecule has 2 rings (SSSR count). The smallest absolute Gasteiger partial charge is 0.351 e. The number of aliphatic hydroxyl groups excluding tert-OH is 2. The Kier molecular flexibility index (Phi) is 3.95. The van der Waals surface area contributed by atoms with Crippen molar-refractivity contribution in [3.8, 4) is 12.3 Å². The van der Waals surface area contributed by atoms with Crippen molar-refractivity contribution < 1.29 is 19.3 Å². The molecular formula is C12H13ClFN3O4. The Morgan fingerprint density at radius 3 is 2.90 bits per heavy atom. The lowest BCUT2D eigenvalue weighted by molar-refractivity contribution is -0.0774. The van der Waals surface area contributed by atoms with Gasteiger partial charge in [-0.15, -0.1) is 6.42 Å². The van der Waals surface area contributed by atoms with Gasteiger partial charge >= 0.3 is 5.69 Å². The van der Waals surface area contributed by atoms with E-state index in [4.69, 9.17) is 28.5 Å². The molecule has 1 aromatic rings. The Morgan fingerprint density at radius 1 is 1.76 bits per heavy atom. The van der Waals surface area contributed by atoms with E-state index >= 15 is 0 Å². The predicted molar refractivity (Wildman–Crippen MR) is 71.9 cm³/mol. The second-order valence-electron chi connectivity index (χ2n) is 4.71. The van der Waals surface area contributed by atoms with Crippen LogP contribution in [-0.4, -0.2) is 43.0 Å². The number of halogens is 2. The Hall–Kier alpha value is -1.66. The summed E-state index contributed by atoms with van der Waals surface area (Å²) in [4.78, 5) is 13.2. The maximum absolute atomic E-state index is 13.5. The molecule has 0 saturated carbocycles. The fourth-order valence-corrected chi connectivity index (χ4v) is 2.42. The molecule has 114 valence electrons. The SMILES string of the molecule is C#CC1(Cl)[C@@H](O)[C@@H]([C@H](C)O)O[C@H]1n1cc(F)c(N)nc1=O. The quantitative estimate of drug-likeness (QED) is 0.487. The van der Waals surface area contributed by atoms with Crippen LogP contribution in [0.2, 0.25) is 0 Å². The van der Waals surface area contributed by atoms with E-state index < -0.39 is 46.7 Å². The van der Waals surface area contributed by atoms with Crippen molar-refractivity contribution in [3.05, 3.63) is 22.5 Å². The standard InChI is InChI=1S/C12H13ClFN3O4/c1-3-12(13)8(19)7(5(2)18)21-10(12)17-4-6(14)9(15)16-11(17)20/h1,4-5,7-8,10,18-19H,2H3,(H2,15,16,20)/t5-,7+,8-,10+,12?/m0/s1. The first-order chi connectivity index (χ1) is 9.72. The van der Waals surface area contributed by atoms with Crippen molar-refractivity contribution in [2.75, 3.05) is 5.73 Å². The first-order valence-electron chi connectivity index (χ1n) is 5.94.